The third-order valence-corrected chi connectivity index (χ3v) is 4.76. The van der Waals surface area contributed by atoms with E-state index in [1.807, 2.05) is 58.0 Å². The summed E-state index contributed by atoms with van der Waals surface area (Å²) in [6, 6.07) is 18.1. The molecule has 2 aromatic carbocycles. The Morgan fingerprint density at radius 1 is 0.906 bits per heavy atom. The van der Waals surface area contributed by atoms with Gasteiger partial charge in [0.15, 0.2) is 5.82 Å². The molecule has 0 saturated carbocycles. The van der Waals surface area contributed by atoms with Gasteiger partial charge in [0.1, 0.15) is 11.6 Å². The Balaban J connectivity index is 1.44. The van der Waals surface area contributed by atoms with Gasteiger partial charge in [-0.3, -0.25) is 0 Å². The summed E-state index contributed by atoms with van der Waals surface area (Å²) in [5.74, 6) is 2.23. The number of carbonyl (C=O) groups is 1. The molecule has 2 N–H and O–H groups in total. The van der Waals surface area contributed by atoms with Gasteiger partial charge in [-0.15, -0.1) is 0 Å². The van der Waals surface area contributed by atoms with E-state index < -0.39 is 0 Å². The molecular weight excluding hydrogens is 404 g/mol. The summed E-state index contributed by atoms with van der Waals surface area (Å²) in [6.45, 7) is 7.66. The summed E-state index contributed by atoms with van der Waals surface area (Å²) < 4.78 is 7.68. The standard InChI is InChI=1S/C24H24N6O2/c1-15-7-5-6-8-21(15)28-24(31)27-19-9-11-20(12-10-19)32-23-14-22(25-18(4)26-23)30-17(3)13-16(2)29-30/h5-14H,1-4H3,(H2,27,28,31). The first-order valence-corrected chi connectivity index (χ1v) is 10.2. The average molecular weight is 428 g/mol. The molecule has 2 amide bonds. The Labute approximate surface area is 186 Å². The van der Waals surface area contributed by atoms with Gasteiger partial charge in [0.25, 0.3) is 0 Å². The van der Waals surface area contributed by atoms with Crippen molar-refractivity contribution in [2.75, 3.05) is 10.6 Å². The molecule has 32 heavy (non-hydrogen) atoms. The van der Waals surface area contributed by atoms with Gasteiger partial charge in [-0.05, 0) is 69.7 Å². The third kappa shape index (κ3) is 4.92. The highest BCUT2D eigenvalue weighted by atomic mass is 16.5. The molecule has 0 fully saturated rings. The summed E-state index contributed by atoms with van der Waals surface area (Å²) in [4.78, 5) is 21.1. The second-order valence-electron chi connectivity index (χ2n) is 7.47. The highest BCUT2D eigenvalue weighted by Crippen LogP contribution is 2.24. The first-order chi connectivity index (χ1) is 15.4. The SMILES string of the molecule is Cc1cc(C)n(-c2cc(Oc3ccc(NC(=O)Nc4ccccc4C)cc3)nc(C)n2)n1. The average Bonchev–Trinajstić information content (AvgIpc) is 3.09. The molecule has 2 heterocycles. The molecule has 0 radical (unpaired) electrons. The number of aryl methyl sites for hydroxylation is 4. The maximum atomic E-state index is 12.3. The lowest BCUT2D eigenvalue weighted by atomic mass is 10.2. The number of amides is 2. The fraction of sp³-hybridized carbons (Fsp3) is 0.167. The number of hydrogen-bond acceptors (Lipinski definition) is 5. The predicted octanol–water partition coefficient (Wildman–Crippen LogP) is 5.33. The molecule has 0 bridgehead atoms. The van der Waals surface area contributed by atoms with Crippen molar-refractivity contribution in [1.29, 1.82) is 0 Å². The van der Waals surface area contributed by atoms with Crippen LogP contribution in [0.5, 0.6) is 11.6 Å². The summed E-state index contributed by atoms with van der Waals surface area (Å²) in [5.41, 5.74) is 4.29. The van der Waals surface area contributed by atoms with Crippen LogP contribution in [0.3, 0.4) is 0 Å². The van der Waals surface area contributed by atoms with Crippen LogP contribution in [0.2, 0.25) is 0 Å². The molecule has 8 heteroatoms. The number of ether oxygens (including phenoxy) is 1. The molecule has 8 nitrogen and oxygen atoms in total. The van der Waals surface area contributed by atoms with E-state index >= 15 is 0 Å². The van der Waals surface area contributed by atoms with Crippen molar-refractivity contribution < 1.29 is 9.53 Å². The first kappa shape index (κ1) is 21.0. The Kier molecular flexibility index (Phi) is 5.85. The number of benzene rings is 2. The number of urea groups is 1. The van der Waals surface area contributed by atoms with E-state index in [-0.39, 0.29) is 6.03 Å². The van der Waals surface area contributed by atoms with E-state index in [9.17, 15) is 4.79 Å². The minimum atomic E-state index is -0.311. The highest BCUT2D eigenvalue weighted by molar-refractivity contribution is 6.00. The van der Waals surface area contributed by atoms with Crippen LogP contribution < -0.4 is 15.4 Å². The lowest BCUT2D eigenvalue weighted by Crippen LogP contribution is -2.19. The van der Waals surface area contributed by atoms with E-state index in [1.54, 1.807) is 35.0 Å². The van der Waals surface area contributed by atoms with Crippen LogP contribution in [-0.4, -0.2) is 25.8 Å². The van der Waals surface area contributed by atoms with E-state index in [1.165, 1.54) is 0 Å². The molecular formula is C24H24N6O2. The second kappa shape index (κ2) is 8.89. The Bertz CT molecular complexity index is 1260. The van der Waals surface area contributed by atoms with Crippen LogP contribution in [0, 0.1) is 27.7 Å². The Morgan fingerprint density at radius 2 is 1.66 bits per heavy atom. The summed E-state index contributed by atoms with van der Waals surface area (Å²) in [5, 5.41) is 10.1. The van der Waals surface area contributed by atoms with Gasteiger partial charge in [0.2, 0.25) is 5.88 Å². The number of nitrogens with zero attached hydrogens (tertiary/aromatic N) is 4. The first-order valence-electron chi connectivity index (χ1n) is 10.2. The zero-order valence-electron chi connectivity index (χ0n) is 18.4. The van der Waals surface area contributed by atoms with Gasteiger partial charge in [-0.2, -0.15) is 10.1 Å². The van der Waals surface area contributed by atoms with Gasteiger partial charge < -0.3 is 15.4 Å². The molecule has 2 aromatic heterocycles. The number of aromatic nitrogens is 4. The molecule has 0 aliphatic heterocycles. The van der Waals surface area contributed by atoms with E-state index in [2.05, 4.69) is 25.7 Å². The molecule has 0 saturated heterocycles. The minimum Gasteiger partial charge on any atom is -0.439 e. The van der Waals surface area contributed by atoms with E-state index in [4.69, 9.17) is 4.74 Å². The van der Waals surface area contributed by atoms with Crippen LogP contribution in [0.1, 0.15) is 22.8 Å². The van der Waals surface area contributed by atoms with Crippen molar-refractivity contribution in [3.63, 3.8) is 0 Å². The van der Waals surface area contributed by atoms with Crippen molar-refractivity contribution in [1.82, 2.24) is 19.7 Å². The van der Waals surface area contributed by atoms with Crippen molar-refractivity contribution >= 4 is 17.4 Å². The van der Waals surface area contributed by atoms with Gasteiger partial charge in [-0.25, -0.2) is 14.5 Å². The summed E-state index contributed by atoms with van der Waals surface area (Å²) >= 11 is 0. The van der Waals surface area contributed by atoms with E-state index in [0.29, 0.717) is 29.0 Å². The maximum absolute atomic E-state index is 12.3. The van der Waals surface area contributed by atoms with Crippen LogP contribution in [0.4, 0.5) is 16.2 Å². The van der Waals surface area contributed by atoms with Crippen molar-refractivity contribution in [3.05, 3.63) is 83.4 Å². The van der Waals surface area contributed by atoms with Crippen molar-refractivity contribution in [3.8, 4) is 17.4 Å². The van der Waals surface area contributed by atoms with E-state index in [0.717, 1.165) is 22.6 Å². The minimum absolute atomic E-state index is 0.311. The summed E-state index contributed by atoms with van der Waals surface area (Å²) in [6.07, 6.45) is 0. The smallest absolute Gasteiger partial charge is 0.323 e. The van der Waals surface area contributed by atoms with Gasteiger partial charge in [0.05, 0.1) is 5.69 Å². The molecule has 4 aromatic rings. The third-order valence-electron chi connectivity index (χ3n) is 4.76. The Morgan fingerprint density at radius 3 is 2.34 bits per heavy atom. The fourth-order valence-electron chi connectivity index (χ4n) is 3.27. The van der Waals surface area contributed by atoms with Gasteiger partial charge in [-0.1, -0.05) is 18.2 Å². The molecule has 0 atom stereocenters. The summed E-state index contributed by atoms with van der Waals surface area (Å²) in [7, 11) is 0. The van der Waals surface area contributed by atoms with Crippen LogP contribution >= 0.6 is 0 Å². The fourth-order valence-corrected chi connectivity index (χ4v) is 3.27. The zero-order chi connectivity index (χ0) is 22.7. The predicted molar refractivity (Wildman–Crippen MR) is 124 cm³/mol. The van der Waals surface area contributed by atoms with Crippen LogP contribution in [0.15, 0.2) is 60.7 Å². The maximum Gasteiger partial charge on any atom is 0.323 e. The lowest BCUT2D eigenvalue weighted by Gasteiger charge is -2.11. The van der Waals surface area contributed by atoms with Gasteiger partial charge in [0, 0.05) is 23.1 Å². The number of nitrogens with one attached hydrogen (secondary N) is 2. The molecule has 0 aliphatic rings. The topological polar surface area (TPSA) is 94.0 Å². The zero-order valence-corrected chi connectivity index (χ0v) is 18.4. The van der Waals surface area contributed by atoms with Gasteiger partial charge >= 0.3 is 6.03 Å². The number of rotatable bonds is 5. The monoisotopic (exact) mass is 428 g/mol. The van der Waals surface area contributed by atoms with Crippen molar-refractivity contribution in [2.24, 2.45) is 0 Å². The van der Waals surface area contributed by atoms with Crippen LogP contribution in [-0.2, 0) is 0 Å². The molecule has 0 spiro atoms. The quantitative estimate of drug-likeness (QED) is 0.448. The second-order valence-corrected chi connectivity index (χ2v) is 7.47. The number of para-hydroxylation sites is 1. The molecule has 4 rings (SSSR count). The number of anilines is 2. The molecule has 0 aliphatic carbocycles. The van der Waals surface area contributed by atoms with Crippen LogP contribution in [0.25, 0.3) is 5.82 Å². The molecule has 162 valence electrons. The highest BCUT2D eigenvalue weighted by Gasteiger charge is 2.10. The Hall–Kier alpha value is -4.20. The number of hydrogen-bond donors (Lipinski definition) is 2. The largest absolute Gasteiger partial charge is 0.439 e. The number of carbonyl (C=O) groups excluding carboxylic acids is 1. The normalized spacial score (nSPS) is 10.6. The van der Waals surface area contributed by atoms with Crippen molar-refractivity contribution in [2.45, 2.75) is 27.7 Å². The lowest BCUT2D eigenvalue weighted by molar-refractivity contribution is 0.262. The molecule has 0 unspecified atom stereocenters.